The summed E-state index contributed by atoms with van der Waals surface area (Å²) in [5.74, 6) is 2.35. The molecule has 21 heavy (non-hydrogen) atoms. The number of H-pyrrole nitrogens is 1. The van der Waals surface area contributed by atoms with Gasteiger partial charge in [0.25, 0.3) is 0 Å². The van der Waals surface area contributed by atoms with Crippen LogP contribution in [0.2, 0.25) is 0 Å². The topological polar surface area (TPSA) is 95.1 Å². The van der Waals surface area contributed by atoms with Crippen molar-refractivity contribution in [3.63, 3.8) is 0 Å². The summed E-state index contributed by atoms with van der Waals surface area (Å²) in [6, 6.07) is 1.51. The summed E-state index contributed by atoms with van der Waals surface area (Å²) >= 11 is 0. The maximum atomic E-state index is 12.2. The Hall–Kier alpha value is -1.85. The van der Waals surface area contributed by atoms with Crippen LogP contribution in [-0.4, -0.2) is 33.7 Å². The zero-order valence-corrected chi connectivity index (χ0v) is 11.7. The maximum absolute atomic E-state index is 12.2. The van der Waals surface area contributed by atoms with Crippen molar-refractivity contribution < 1.29 is 14.7 Å². The Balaban J connectivity index is 1.26. The quantitative estimate of drug-likeness (QED) is 0.755. The minimum atomic E-state index is -1.04. The van der Waals surface area contributed by atoms with Gasteiger partial charge in [0.15, 0.2) is 5.69 Å². The first kappa shape index (κ1) is 12.9. The van der Waals surface area contributed by atoms with Gasteiger partial charge in [0.05, 0.1) is 0 Å². The number of aromatic nitrogens is 2. The van der Waals surface area contributed by atoms with Crippen molar-refractivity contribution in [3.8, 4) is 0 Å². The first-order valence-electron chi connectivity index (χ1n) is 7.70. The molecule has 3 fully saturated rings. The molecule has 0 saturated heterocycles. The third-order valence-corrected chi connectivity index (χ3v) is 5.58. The van der Waals surface area contributed by atoms with E-state index < -0.39 is 5.97 Å². The minimum Gasteiger partial charge on any atom is -0.476 e. The van der Waals surface area contributed by atoms with Gasteiger partial charge in [-0.1, -0.05) is 0 Å². The molecule has 1 aromatic heterocycles. The van der Waals surface area contributed by atoms with E-state index in [1.165, 1.54) is 25.3 Å². The van der Waals surface area contributed by atoms with Gasteiger partial charge in [-0.2, -0.15) is 5.10 Å². The molecule has 4 rings (SSSR count). The maximum Gasteiger partial charge on any atom is 0.356 e. The Morgan fingerprint density at radius 1 is 1.33 bits per heavy atom. The van der Waals surface area contributed by atoms with E-state index in [0.717, 1.165) is 17.5 Å². The van der Waals surface area contributed by atoms with Crippen molar-refractivity contribution in [2.24, 2.45) is 29.6 Å². The molecule has 0 spiro atoms. The second kappa shape index (κ2) is 4.58. The highest BCUT2D eigenvalue weighted by Crippen LogP contribution is 2.69. The summed E-state index contributed by atoms with van der Waals surface area (Å²) in [6.07, 6.45) is 4.58. The summed E-state index contributed by atoms with van der Waals surface area (Å²) in [5.41, 5.74) is 0.758. The average Bonchev–Trinajstić information content (AvgIpc) is 2.85. The summed E-state index contributed by atoms with van der Waals surface area (Å²) in [5, 5.41) is 18.2. The van der Waals surface area contributed by atoms with Crippen LogP contribution in [0.4, 0.5) is 0 Å². The molecular weight excluding hydrogens is 270 g/mol. The van der Waals surface area contributed by atoms with Crippen LogP contribution in [-0.2, 0) is 11.2 Å². The summed E-state index contributed by atoms with van der Waals surface area (Å²) in [4.78, 5) is 22.9. The van der Waals surface area contributed by atoms with Crippen LogP contribution >= 0.6 is 0 Å². The smallest absolute Gasteiger partial charge is 0.356 e. The fraction of sp³-hybridized carbons (Fsp3) is 0.667. The van der Waals surface area contributed by atoms with Crippen LogP contribution in [0.1, 0.15) is 35.4 Å². The van der Waals surface area contributed by atoms with E-state index in [1.807, 2.05) is 0 Å². The number of rotatable bonds is 5. The lowest BCUT2D eigenvalue weighted by Crippen LogP contribution is -2.29. The number of carboxylic acid groups (broad SMARTS) is 1. The van der Waals surface area contributed by atoms with Gasteiger partial charge in [0.2, 0.25) is 5.91 Å². The van der Waals surface area contributed by atoms with Gasteiger partial charge in [-0.05, 0) is 49.0 Å². The number of carbonyl (C=O) groups excluding carboxylic acids is 1. The molecule has 1 unspecified atom stereocenters. The van der Waals surface area contributed by atoms with E-state index in [2.05, 4.69) is 15.5 Å². The second-order valence-corrected chi connectivity index (χ2v) is 6.64. The fourth-order valence-corrected chi connectivity index (χ4v) is 4.71. The van der Waals surface area contributed by atoms with Crippen LogP contribution in [0.5, 0.6) is 0 Å². The van der Waals surface area contributed by atoms with Crippen LogP contribution in [0.15, 0.2) is 6.07 Å². The van der Waals surface area contributed by atoms with E-state index in [-0.39, 0.29) is 17.5 Å². The molecule has 0 aromatic carbocycles. The molecule has 3 aliphatic carbocycles. The molecule has 2 bridgehead atoms. The molecule has 1 heterocycles. The summed E-state index contributed by atoms with van der Waals surface area (Å²) in [6.45, 7) is 0.533. The van der Waals surface area contributed by atoms with Crippen molar-refractivity contribution in [2.75, 3.05) is 6.54 Å². The number of amides is 1. The standard InChI is InChI=1S/C15H19N3O3/c19-14(13-11-7-1-2-8(5-7)12(11)13)16-4-3-9-6-10(15(20)21)18-17-9/h6-8,11-13H,1-5H2,(H,16,19)(H,17,18)(H,20,21)/t7-,8+,11+,12-,13?. The minimum absolute atomic E-state index is 0.0182. The highest BCUT2D eigenvalue weighted by Gasteiger charge is 2.67. The Morgan fingerprint density at radius 3 is 2.67 bits per heavy atom. The number of aromatic amines is 1. The van der Waals surface area contributed by atoms with E-state index in [1.54, 1.807) is 0 Å². The summed E-state index contributed by atoms with van der Waals surface area (Å²) < 4.78 is 0. The van der Waals surface area contributed by atoms with Crippen molar-refractivity contribution in [3.05, 3.63) is 17.5 Å². The van der Waals surface area contributed by atoms with Gasteiger partial charge in [0, 0.05) is 24.6 Å². The predicted octanol–water partition coefficient (Wildman–Crippen LogP) is 1.06. The predicted molar refractivity (Wildman–Crippen MR) is 73.6 cm³/mol. The van der Waals surface area contributed by atoms with Crippen molar-refractivity contribution in [2.45, 2.75) is 25.7 Å². The number of carbonyl (C=O) groups is 2. The lowest BCUT2D eigenvalue weighted by molar-refractivity contribution is -0.123. The van der Waals surface area contributed by atoms with Crippen LogP contribution < -0.4 is 5.32 Å². The Bertz CT molecular complexity index is 581. The van der Waals surface area contributed by atoms with E-state index in [0.29, 0.717) is 24.8 Å². The van der Waals surface area contributed by atoms with Crippen LogP contribution in [0.25, 0.3) is 0 Å². The monoisotopic (exact) mass is 289 g/mol. The molecule has 3 saturated carbocycles. The van der Waals surface area contributed by atoms with Gasteiger partial charge in [-0.15, -0.1) is 0 Å². The van der Waals surface area contributed by atoms with Crippen molar-refractivity contribution in [1.82, 2.24) is 15.5 Å². The van der Waals surface area contributed by atoms with Gasteiger partial charge >= 0.3 is 5.97 Å². The Morgan fingerprint density at radius 2 is 2.05 bits per heavy atom. The molecule has 112 valence electrons. The molecule has 0 radical (unpaired) electrons. The first-order chi connectivity index (χ1) is 10.1. The zero-order valence-electron chi connectivity index (χ0n) is 11.7. The van der Waals surface area contributed by atoms with E-state index in [9.17, 15) is 9.59 Å². The molecule has 1 aromatic rings. The number of hydrogen-bond donors (Lipinski definition) is 3. The third-order valence-electron chi connectivity index (χ3n) is 5.58. The Kier molecular flexibility index (Phi) is 2.80. The first-order valence-corrected chi connectivity index (χ1v) is 7.70. The van der Waals surface area contributed by atoms with Gasteiger partial charge < -0.3 is 10.4 Å². The van der Waals surface area contributed by atoms with Crippen molar-refractivity contribution >= 4 is 11.9 Å². The molecule has 6 heteroatoms. The van der Waals surface area contributed by atoms with Crippen LogP contribution in [0.3, 0.4) is 0 Å². The molecule has 6 nitrogen and oxygen atoms in total. The number of fused-ring (bicyclic) bond motifs is 5. The number of aromatic carboxylic acids is 1. The SMILES string of the molecule is O=C(O)c1cc(CCNC(=O)C2[C@@H]3[C@H]4CC[C@H](C4)[C@H]23)[nH]n1. The number of carboxylic acids is 1. The van der Waals surface area contributed by atoms with Gasteiger partial charge in [-0.25, -0.2) is 4.79 Å². The molecule has 5 atom stereocenters. The average molecular weight is 289 g/mol. The number of hydrogen-bond acceptors (Lipinski definition) is 3. The highest BCUT2D eigenvalue weighted by atomic mass is 16.4. The Labute approximate surface area is 122 Å². The lowest BCUT2D eigenvalue weighted by Gasteiger charge is -2.09. The zero-order chi connectivity index (χ0) is 14.6. The molecule has 0 aliphatic heterocycles. The largest absolute Gasteiger partial charge is 0.476 e. The fourth-order valence-electron chi connectivity index (χ4n) is 4.71. The van der Waals surface area contributed by atoms with Gasteiger partial charge in [0.1, 0.15) is 0 Å². The van der Waals surface area contributed by atoms with E-state index >= 15 is 0 Å². The normalized spacial score (nSPS) is 35.5. The van der Waals surface area contributed by atoms with Crippen LogP contribution in [0, 0.1) is 29.6 Å². The van der Waals surface area contributed by atoms with Gasteiger partial charge in [-0.3, -0.25) is 9.89 Å². The molecule has 1 amide bonds. The number of nitrogens with zero attached hydrogens (tertiary/aromatic N) is 1. The molecule has 3 N–H and O–H groups in total. The highest BCUT2D eigenvalue weighted by molar-refractivity contribution is 5.85. The van der Waals surface area contributed by atoms with Crippen molar-refractivity contribution in [1.29, 1.82) is 0 Å². The third kappa shape index (κ3) is 2.04. The van der Waals surface area contributed by atoms with E-state index in [4.69, 9.17) is 5.11 Å². The lowest BCUT2D eigenvalue weighted by atomic mass is 10.0. The molecule has 3 aliphatic rings. The second-order valence-electron chi connectivity index (χ2n) is 6.64. The number of nitrogens with one attached hydrogen (secondary N) is 2. The summed E-state index contributed by atoms with van der Waals surface area (Å²) in [7, 11) is 0. The molecular formula is C15H19N3O3.